The standard InChI is InChI=1S/C11H13N3O/c1-15-11-3-2-9(7-12)6-10(11)14-5-4-13-8-14/h2-6,8H,7,12H2,1H3. The fourth-order valence-corrected chi connectivity index (χ4v) is 1.47. The number of aromatic nitrogens is 2. The lowest BCUT2D eigenvalue weighted by atomic mass is 10.2. The Kier molecular flexibility index (Phi) is 2.69. The van der Waals surface area contributed by atoms with E-state index in [4.69, 9.17) is 10.5 Å². The Morgan fingerprint density at radius 1 is 1.47 bits per heavy atom. The van der Waals surface area contributed by atoms with E-state index >= 15 is 0 Å². The van der Waals surface area contributed by atoms with E-state index in [1.165, 1.54) is 0 Å². The summed E-state index contributed by atoms with van der Waals surface area (Å²) in [6.07, 6.45) is 5.34. The Morgan fingerprint density at radius 2 is 2.33 bits per heavy atom. The molecule has 2 N–H and O–H groups in total. The first-order valence-corrected chi connectivity index (χ1v) is 4.70. The molecule has 0 aliphatic carbocycles. The molecule has 1 heterocycles. The molecule has 0 spiro atoms. The van der Waals surface area contributed by atoms with Gasteiger partial charge >= 0.3 is 0 Å². The lowest BCUT2D eigenvalue weighted by Crippen LogP contribution is -2.00. The van der Waals surface area contributed by atoms with Gasteiger partial charge in [0.2, 0.25) is 0 Å². The van der Waals surface area contributed by atoms with Gasteiger partial charge in [0, 0.05) is 18.9 Å². The van der Waals surface area contributed by atoms with Crippen LogP contribution in [0.3, 0.4) is 0 Å². The predicted octanol–water partition coefficient (Wildman–Crippen LogP) is 1.34. The molecule has 2 rings (SSSR count). The number of ether oxygens (including phenoxy) is 1. The molecule has 1 aromatic carbocycles. The van der Waals surface area contributed by atoms with Crippen molar-refractivity contribution >= 4 is 0 Å². The molecule has 0 aliphatic heterocycles. The highest BCUT2D eigenvalue weighted by molar-refractivity contribution is 5.49. The molecule has 0 saturated heterocycles. The summed E-state index contributed by atoms with van der Waals surface area (Å²) < 4.78 is 7.18. The molecule has 0 fully saturated rings. The first-order valence-electron chi connectivity index (χ1n) is 4.70. The first kappa shape index (κ1) is 9.73. The summed E-state index contributed by atoms with van der Waals surface area (Å²) in [4.78, 5) is 4.01. The van der Waals surface area contributed by atoms with Crippen LogP contribution in [0.2, 0.25) is 0 Å². The van der Waals surface area contributed by atoms with Crippen LogP contribution in [0.1, 0.15) is 5.56 Å². The molecule has 0 saturated carbocycles. The third-order valence-corrected chi connectivity index (χ3v) is 2.26. The van der Waals surface area contributed by atoms with E-state index in [-0.39, 0.29) is 0 Å². The zero-order valence-electron chi connectivity index (χ0n) is 8.55. The zero-order chi connectivity index (χ0) is 10.7. The van der Waals surface area contributed by atoms with Gasteiger partial charge in [0.15, 0.2) is 0 Å². The molecule has 0 aliphatic rings. The Balaban J connectivity index is 2.52. The highest BCUT2D eigenvalue weighted by atomic mass is 16.5. The van der Waals surface area contributed by atoms with Crippen LogP contribution in [-0.2, 0) is 6.54 Å². The number of methoxy groups -OCH3 is 1. The SMILES string of the molecule is COc1ccc(CN)cc1-n1ccnc1. The molecule has 4 nitrogen and oxygen atoms in total. The van der Waals surface area contributed by atoms with E-state index in [2.05, 4.69) is 4.98 Å². The van der Waals surface area contributed by atoms with Crippen molar-refractivity contribution in [3.63, 3.8) is 0 Å². The maximum atomic E-state index is 5.60. The molecule has 0 atom stereocenters. The Hall–Kier alpha value is -1.81. The quantitative estimate of drug-likeness (QED) is 0.819. The first-order chi connectivity index (χ1) is 7.35. The molecule has 0 bridgehead atoms. The molecular weight excluding hydrogens is 190 g/mol. The average molecular weight is 203 g/mol. The summed E-state index contributed by atoms with van der Waals surface area (Å²) in [5, 5.41) is 0. The van der Waals surface area contributed by atoms with Crippen LogP contribution in [0.4, 0.5) is 0 Å². The van der Waals surface area contributed by atoms with Gasteiger partial charge in [-0.15, -0.1) is 0 Å². The van der Waals surface area contributed by atoms with Gasteiger partial charge in [-0.05, 0) is 17.7 Å². The second kappa shape index (κ2) is 4.14. The number of nitrogens with zero attached hydrogens (tertiary/aromatic N) is 2. The van der Waals surface area contributed by atoms with Crippen molar-refractivity contribution < 1.29 is 4.74 Å². The number of imidazole rings is 1. The summed E-state index contributed by atoms with van der Waals surface area (Å²) in [5.41, 5.74) is 7.62. The molecule has 78 valence electrons. The van der Waals surface area contributed by atoms with E-state index in [0.717, 1.165) is 17.0 Å². The van der Waals surface area contributed by atoms with Gasteiger partial charge in [-0.3, -0.25) is 0 Å². The van der Waals surface area contributed by atoms with Crippen molar-refractivity contribution in [1.29, 1.82) is 0 Å². The lowest BCUT2D eigenvalue weighted by Gasteiger charge is -2.10. The van der Waals surface area contributed by atoms with Crippen molar-refractivity contribution in [2.24, 2.45) is 5.73 Å². The minimum Gasteiger partial charge on any atom is -0.495 e. The molecule has 0 amide bonds. The van der Waals surface area contributed by atoms with Crippen LogP contribution < -0.4 is 10.5 Å². The lowest BCUT2D eigenvalue weighted by molar-refractivity contribution is 0.412. The van der Waals surface area contributed by atoms with Crippen LogP contribution in [0.15, 0.2) is 36.9 Å². The van der Waals surface area contributed by atoms with E-state index in [1.807, 2.05) is 29.0 Å². The Morgan fingerprint density at radius 3 is 2.93 bits per heavy atom. The van der Waals surface area contributed by atoms with Crippen molar-refractivity contribution in [3.05, 3.63) is 42.5 Å². The topological polar surface area (TPSA) is 53.1 Å². The van der Waals surface area contributed by atoms with Gasteiger partial charge in [0.05, 0.1) is 19.1 Å². The number of benzene rings is 1. The number of rotatable bonds is 3. The zero-order valence-corrected chi connectivity index (χ0v) is 8.55. The summed E-state index contributed by atoms with van der Waals surface area (Å²) in [5.74, 6) is 0.810. The van der Waals surface area contributed by atoms with Crippen molar-refractivity contribution in [1.82, 2.24) is 9.55 Å². The fraction of sp³-hybridized carbons (Fsp3) is 0.182. The predicted molar refractivity (Wildman–Crippen MR) is 58.0 cm³/mol. The molecule has 0 radical (unpaired) electrons. The molecular formula is C11H13N3O. The Bertz CT molecular complexity index is 437. The fourth-order valence-electron chi connectivity index (χ4n) is 1.47. The van der Waals surface area contributed by atoms with Gasteiger partial charge < -0.3 is 15.0 Å². The van der Waals surface area contributed by atoms with E-state index < -0.39 is 0 Å². The maximum Gasteiger partial charge on any atom is 0.142 e. The van der Waals surface area contributed by atoms with E-state index in [0.29, 0.717) is 6.54 Å². The summed E-state index contributed by atoms with van der Waals surface area (Å²) >= 11 is 0. The van der Waals surface area contributed by atoms with Crippen molar-refractivity contribution in [2.45, 2.75) is 6.54 Å². The third-order valence-electron chi connectivity index (χ3n) is 2.26. The summed E-state index contributed by atoms with van der Waals surface area (Å²) in [7, 11) is 1.65. The van der Waals surface area contributed by atoms with Gasteiger partial charge in [-0.2, -0.15) is 0 Å². The van der Waals surface area contributed by atoms with Crippen LogP contribution in [0.5, 0.6) is 5.75 Å². The van der Waals surface area contributed by atoms with Crippen LogP contribution in [-0.4, -0.2) is 16.7 Å². The highest BCUT2D eigenvalue weighted by Gasteiger charge is 2.05. The summed E-state index contributed by atoms with van der Waals surface area (Å²) in [6.45, 7) is 0.520. The number of hydrogen-bond acceptors (Lipinski definition) is 3. The van der Waals surface area contributed by atoms with E-state index in [1.54, 1.807) is 19.6 Å². The van der Waals surface area contributed by atoms with E-state index in [9.17, 15) is 0 Å². The smallest absolute Gasteiger partial charge is 0.142 e. The van der Waals surface area contributed by atoms with Gasteiger partial charge in [0.1, 0.15) is 5.75 Å². The van der Waals surface area contributed by atoms with Gasteiger partial charge in [0.25, 0.3) is 0 Å². The molecule has 0 unspecified atom stereocenters. The van der Waals surface area contributed by atoms with Crippen molar-refractivity contribution in [3.8, 4) is 11.4 Å². The molecule has 15 heavy (non-hydrogen) atoms. The van der Waals surface area contributed by atoms with Gasteiger partial charge in [-0.1, -0.05) is 6.07 Å². The number of nitrogens with two attached hydrogens (primary N) is 1. The molecule has 1 aromatic heterocycles. The molecule has 2 aromatic rings. The normalized spacial score (nSPS) is 10.3. The monoisotopic (exact) mass is 203 g/mol. The maximum absolute atomic E-state index is 5.60. The largest absolute Gasteiger partial charge is 0.495 e. The second-order valence-corrected chi connectivity index (χ2v) is 3.18. The highest BCUT2D eigenvalue weighted by Crippen LogP contribution is 2.23. The van der Waals surface area contributed by atoms with Crippen LogP contribution in [0, 0.1) is 0 Å². The second-order valence-electron chi connectivity index (χ2n) is 3.18. The number of hydrogen-bond donors (Lipinski definition) is 1. The van der Waals surface area contributed by atoms with Crippen LogP contribution in [0.25, 0.3) is 5.69 Å². The molecule has 4 heteroatoms. The van der Waals surface area contributed by atoms with Gasteiger partial charge in [-0.25, -0.2) is 4.98 Å². The average Bonchev–Trinajstić information content (AvgIpc) is 2.81. The summed E-state index contributed by atoms with van der Waals surface area (Å²) in [6, 6.07) is 5.87. The third kappa shape index (κ3) is 1.85. The van der Waals surface area contributed by atoms with Crippen LogP contribution >= 0.6 is 0 Å². The minimum atomic E-state index is 0.520. The minimum absolute atomic E-state index is 0.520. The Labute approximate surface area is 88.3 Å². The van der Waals surface area contributed by atoms with Crippen molar-refractivity contribution in [2.75, 3.05) is 7.11 Å².